The van der Waals surface area contributed by atoms with Crippen LogP contribution in [0.5, 0.6) is 5.88 Å². The molecule has 0 bridgehead atoms. The topological polar surface area (TPSA) is 38.2 Å². The molecule has 1 fully saturated rings. The highest BCUT2D eigenvalue weighted by Gasteiger charge is 2.27. The largest absolute Gasteiger partial charge is 0.472 e. The lowest BCUT2D eigenvalue weighted by molar-refractivity contribution is 0.292. The molecule has 5 heteroatoms. The molecule has 2 heterocycles. The Kier molecular flexibility index (Phi) is 2.65. The van der Waals surface area contributed by atoms with E-state index < -0.39 is 0 Å². The maximum Gasteiger partial charge on any atom is 0.253 e. The van der Waals surface area contributed by atoms with Crippen molar-refractivity contribution in [3.05, 3.63) is 11.8 Å². The lowest BCUT2D eigenvalue weighted by atomic mass is 10.1. The first kappa shape index (κ1) is 10.2. The molecule has 1 aromatic heterocycles. The molecule has 0 spiro atoms. The van der Waals surface area contributed by atoms with Crippen molar-refractivity contribution in [2.75, 3.05) is 20.1 Å². The number of likely N-dealkylation sites (N-methyl/N-ethyl adjacent to an activating group) is 1. The minimum Gasteiger partial charge on any atom is -0.472 e. The van der Waals surface area contributed by atoms with Gasteiger partial charge in [-0.1, -0.05) is 6.08 Å². The van der Waals surface area contributed by atoms with Gasteiger partial charge in [-0.25, -0.2) is 0 Å². The van der Waals surface area contributed by atoms with E-state index in [1.54, 1.807) is 0 Å². The molecule has 86 valence electrons. The summed E-state index contributed by atoms with van der Waals surface area (Å²) in [5.74, 6) is 0.744. The number of hydrogen-bond acceptors (Lipinski definition) is 5. The number of rotatable bonds is 3. The van der Waals surface area contributed by atoms with Gasteiger partial charge in [0.25, 0.3) is 5.88 Å². The fourth-order valence-electron chi connectivity index (χ4n) is 1.86. The molecule has 0 saturated heterocycles. The van der Waals surface area contributed by atoms with E-state index in [4.69, 9.17) is 4.74 Å². The van der Waals surface area contributed by atoms with Crippen molar-refractivity contribution in [2.24, 2.45) is 0 Å². The predicted molar refractivity (Wildman–Crippen MR) is 63.7 cm³/mol. The number of nitrogens with zero attached hydrogens (tertiary/aromatic N) is 3. The van der Waals surface area contributed by atoms with Gasteiger partial charge in [0, 0.05) is 13.1 Å². The fraction of sp³-hybridized carbons (Fsp3) is 0.636. The summed E-state index contributed by atoms with van der Waals surface area (Å²) in [7, 11) is 2.13. The second kappa shape index (κ2) is 4.14. The van der Waals surface area contributed by atoms with Gasteiger partial charge in [-0.3, -0.25) is 0 Å². The molecule has 0 radical (unpaired) electrons. The molecule has 1 aliphatic carbocycles. The van der Waals surface area contributed by atoms with E-state index in [2.05, 4.69) is 26.8 Å². The van der Waals surface area contributed by atoms with E-state index in [0.29, 0.717) is 6.10 Å². The molecule has 1 saturated carbocycles. The summed E-state index contributed by atoms with van der Waals surface area (Å²) in [6, 6.07) is 0. The van der Waals surface area contributed by atoms with Gasteiger partial charge in [0.2, 0.25) is 0 Å². The maximum atomic E-state index is 5.76. The summed E-state index contributed by atoms with van der Waals surface area (Å²) >= 11 is 1.25. The number of aromatic nitrogens is 2. The minimum atomic E-state index is 0.393. The molecule has 1 aliphatic heterocycles. The molecule has 0 aromatic carbocycles. The lowest BCUT2D eigenvalue weighted by Gasteiger charge is -2.22. The minimum absolute atomic E-state index is 0.393. The van der Waals surface area contributed by atoms with E-state index in [1.165, 1.54) is 17.3 Å². The second-order valence-corrected chi connectivity index (χ2v) is 5.02. The van der Waals surface area contributed by atoms with Crippen molar-refractivity contribution in [3.8, 4) is 5.88 Å². The Bertz CT molecular complexity index is 411. The summed E-state index contributed by atoms with van der Waals surface area (Å²) in [4.78, 5) is 2.30. The van der Waals surface area contributed by atoms with Gasteiger partial charge in [0.1, 0.15) is 11.8 Å². The van der Waals surface area contributed by atoms with Gasteiger partial charge in [0.05, 0.1) is 11.7 Å². The highest BCUT2D eigenvalue weighted by molar-refractivity contribution is 6.99. The van der Waals surface area contributed by atoms with Crippen LogP contribution in [0, 0.1) is 0 Å². The third-order valence-electron chi connectivity index (χ3n) is 2.91. The zero-order valence-corrected chi connectivity index (χ0v) is 10.2. The van der Waals surface area contributed by atoms with Gasteiger partial charge in [-0.2, -0.15) is 4.37 Å². The third kappa shape index (κ3) is 2.10. The van der Waals surface area contributed by atoms with Gasteiger partial charge in [-0.15, -0.1) is 4.37 Å². The van der Waals surface area contributed by atoms with Crippen molar-refractivity contribution in [3.63, 3.8) is 0 Å². The Morgan fingerprint density at radius 2 is 2.31 bits per heavy atom. The highest BCUT2D eigenvalue weighted by Crippen LogP contribution is 2.32. The van der Waals surface area contributed by atoms with E-state index >= 15 is 0 Å². The summed E-state index contributed by atoms with van der Waals surface area (Å²) < 4.78 is 14.4. The average molecular weight is 237 g/mol. The highest BCUT2D eigenvalue weighted by atomic mass is 32.1. The van der Waals surface area contributed by atoms with Crippen LogP contribution in [-0.4, -0.2) is 39.9 Å². The molecule has 0 N–H and O–H groups in total. The summed E-state index contributed by atoms with van der Waals surface area (Å²) in [6.45, 7) is 2.08. The first-order chi connectivity index (χ1) is 7.83. The average Bonchev–Trinajstić information content (AvgIpc) is 2.95. The molecule has 16 heavy (non-hydrogen) atoms. The van der Waals surface area contributed by atoms with Gasteiger partial charge in [0.15, 0.2) is 0 Å². The van der Waals surface area contributed by atoms with Crippen molar-refractivity contribution in [1.82, 2.24) is 13.6 Å². The van der Waals surface area contributed by atoms with Crippen LogP contribution in [0.4, 0.5) is 0 Å². The van der Waals surface area contributed by atoms with E-state index in [9.17, 15) is 0 Å². The Labute approximate surface area is 99.2 Å². The van der Waals surface area contributed by atoms with Crippen LogP contribution in [0.2, 0.25) is 0 Å². The molecule has 0 atom stereocenters. The van der Waals surface area contributed by atoms with Crippen LogP contribution in [-0.2, 0) is 0 Å². The number of hydrogen-bond donors (Lipinski definition) is 0. The first-order valence-electron chi connectivity index (χ1n) is 5.70. The monoisotopic (exact) mass is 237 g/mol. The molecular formula is C11H15N3OS. The zero-order chi connectivity index (χ0) is 11.0. The zero-order valence-electron chi connectivity index (χ0n) is 9.35. The fourth-order valence-corrected chi connectivity index (χ4v) is 2.38. The van der Waals surface area contributed by atoms with Crippen molar-refractivity contribution in [1.29, 1.82) is 0 Å². The summed E-state index contributed by atoms with van der Waals surface area (Å²) in [6.07, 6.45) is 6.07. The third-order valence-corrected chi connectivity index (χ3v) is 3.42. The van der Waals surface area contributed by atoms with Crippen LogP contribution in [0.25, 0.3) is 5.57 Å². The van der Waals surface area contributed by atoms with Crippen molar-refractivity contribution >= 4 is 17.3 Å². The normalized spacial score (nSPS) is 21.9. The molecule has 4 nitrogen and oxygen atoms in total. The van der Waals surface area contributed by atoms with Crippen LogP contribution in [0.15, 0.2) is 6.08 Å². The van der Waals surface area contributed by atoms with E-state index in [0.717, 1.165) is 43.9 Å². The first-order valence-corrected chi connectivity index (χ1v) is 6.43. The van der Waals surface area contributed by atoms with Crippen LogP contribution < -0.4 is 4.74 Å². The molecule has 1 aromatic rings. The molecule has 2 aliphatic rings. The Morgan fingerprint density at radius 1 is 1.44 bits per heavy atom. The van der Waals surface area contributed by atoms with Gasteiger partial charge >= 0.3 is 0 Å². The molecular weight excluding hydrogens is 222 g/mol. The van der Waals surface area contributed by atoms with Gasteiger partial charge < -0.3 is 9.64 Å². The van der Waals surface area contributed by atoms with Crippen LogP contribution in [0.3, 0.4) is 0 Å². The standard InChI is InChI=1S/C11H15N3OS/c1-14-6-2-3-8(7-14)10-11(13-16-12-10)15-9-4-5-9/h3,9H,2,4-7H2,1H3. The molecule has 3 rings (SSSR count). The van der Waals surface area contributed by atoms with Crippen LogP contribution >= 0.6 is 11.7 Å². The predicted octanol–water partition coefficient (Wildman–Crippen LogP) is 1.80. The summed E-state index contributed by atoms with van der Waals surface area (Å²) in [5.41, 5.74) is 2.22. The molecule has 0 unspecified atom stereocenters. The number of ether oxygens (including phenoxy) is 1. The molecule has 0 amide bonds. The Morgan fingerprint density at radius 3 is 3.06 bits per heavy atom. The van der Waals surface area contributed by atoms with E-state index in [-0.39, 0.29) is 0 Å². The van der Waals surface area contributed by atoms with Crippen molar-refractivity contribution < 1.29 is 4.74 Å². The van der Waals surface area contributed by atoms with Crippen molar-refractivity contribution in [2.45, 2.75) is 25.4 Å². The second-order valence-electron chi connectivity index (χ2n) is 4.49. The summed E-state index contributed by atoms with van der Waals surface area (Å²) in [5, 5.41) is 0. The van der Waals surface area contributed by atoms with Crippen LogP contribution in [0.1, 0.15) is 25.0 Å². The van der Waals surface area contributed by atoms with Gasteiger partial charge in [-0.05, 0) is 31.9 Å². The maximum absolute atomic E-state index is 5.76. The quantitative estimate of drug-likeness (QED) is 0.803. The lowest BCUT2D eigenvalue weighted by Crippen LogP contribution is -2.25. The van der Waals surface area contributed by atoms with E-state index in [1.807, 2.05) is 0 Å². The SMILES string of the molecule is CN1CCC=C(c2nsnc2OC2CC2)C1. The Hall–Kier alpha value is -0.940. The Balaban J connectivity index is 1.81. The smallest absolute Gasteiger partial charge is 0.253 e.